The number of aromatic nitrogens is 2. The maximum atomic E-state index is 12.4. The van der Waals surface area contributed by atoms with Crippen molar-refractivity contribution in [2.24, 2.45) is 0 Å². The summed E-state index contributed by atoms with van der Waals surface area (Å²) in [6.45, 7) is 2.92. The minimum Gasteiger partial charge on any atom is -0.382 e. The van der Waals surface area contributed by atoms with E-state index in [9.17, 15) is 4.79 Å². The summed E-state index contributed by atoms with van der Waals surface area (Å²) < 4.78 is 0. The highest BCUT2D eigenvalue weighted by molar-refractivity contribution is 5.96. The first kappa shape index (κ1) is 13.4. The molecule has 2 N–H and O–H groups in total. The van der Waals surface area contributed by atoms with Crippen LogP contribution in [0.25, 0.3) is 0 Å². The van der Waals surface area contributed by atoms with Gasteiger partial charge in [-0.3, -0.25) is 4.79 Å². The molecule has 1 aromatic carbocycles. The van der Waals surface area contributed by atoms with E-state index in [1.54, 1.807) is 4.90 Å². The minimum atomic E-state index is -0.145. The van der Waals surface area contributed by atoms with Crippen LogP contribution in [-0.2, 0) is 0 Å². The molecule has 1 aliphatic heterocycles. The molecule has 3 rings (SSSR count). The number of hydrogen-bond acceptors (Lipinski definition) is 5. The lowest BCUT2D eigenvalue weighted by molar-refractivity contribution is 0.0741. The largest absolute Gasteiger partial charge is 0.382 e. The zero-order chi connectivity index (χ0) is 14.7. The SMILES string of the molecule is Nc1nccnc1C(=O)N1CCN(c2ccccc2)CC1. The average Bonchev–Trinajstić information content (AvgIpc) is 2.56. The van der Waals surface area contributed by atoms with Gasteiger partial charge in [0.1, 0.15) is 0 Å². The molecule has 0 aliphatic carbocycles. The maximum absolute atomic E-state index is 12.4. The molecule has 1 saturated heterocycles. The Morgan fingerprint density at radius 2 is 1.67 bits per heavy atom. The Balaban J connectivity index is 1.66. The molecule has 2 heterocycles. The van der Waals surface area contributed by atoms with E-state index in [1.165, 1.54) is 18.1 Å². The number of piperazine rings is 1. The van der Waals surface area contributed by atoms with Crippen molar-refractivity contribution in [3.05, 3.63) is 48.4 Å². The molecule has 0 atom stereocenters. The lowest BCUT2D eigenvalue weighted by atomic mass is 10.2. The second kappa shape index (κ2) is 5.78. The molecule has 1 aromatic heterocycles. The van der Waals surface area contributed by atoms with Gasteiger partial charge in [0.15, 0.2) is 11.5 Å². The van der Waals surface area contributed by atoms with Gasteiger partial charge in [0, 0.05) is 44.3 Å². The Kier molecular flexibility index (Phi) is 3.68. The van der Waals surface area contributed by atoms with Crippen molar-refractivity contribution in [1.82, 2.24) is 14.9 Å². The van der Waals surface area contributed by atoms with Gasteiger partial charge in [-0.15, -0.1) is 0 Å². The number of benzene rings is 1. The first-order chi connectivity index (χ1) is 10.3. The molecular formula is C15H17N5O. The lowest BCUT2D eigenvalue weighted by Gasteiger charge is -2.36. The molecule has 6 heteroatoms. The van der Waals surface area contributed by atoms with Gasteiger partial charge in [-0.2, -0.15) is 0 Å². The number of nitrogen functional groups attached to an aromatic ring is 1. The lowest BCUT2D eigenvalue weighted by Crippen LogP contribution is -2.49. The molecule has 0 spiro atoms. The van der Waals surface area contributed by atoms with Gasteiger partial charge in [-0.05, 0) is 12.1 Å². The average molecular weight is 283 g/mol. The fourth-order valence-corrected chi connectivity index (χ4v) is 2.47. The maximum Gasteiger partial charge on any atom is 0.276 e. The first-order valence-corrected chi connectivity index (χ1v) is 6.91. The third-order valence-electron chi connectivity index (χ3n) is 3.62. The number of hydrogen-bond donors (Lipinski definition) is 1. The number of nitrogens with two attached hydrogens (primary N) is 1. The van der Waals surface area contributed by atoms with Gasteiger partial charge in [-0.1, -0.05) is 18.2 Å². The van der Waals surface area contributed by atoms with Crippen LogP contribution in [0.2, 0.25) is 0 Å². The molecule has 6 nitrogen and oxygen atoms in total. The molecule has 0 radical (unpaired) electrons. The Morgan fingerprint density at radius 3 is 2.33 bits per heavy atom. The number of anilines is 2. The van der Waals surface area contributed by atoms with Gasteiger partial charge < -0.3 is 15.5 Å². The van der Waals surface area contributed by atoms with Crippen molar-refractivity contribution in [3.63, 3.8) is 0 Å². The van der Waals surface area contributed by atoms with E-state index in [2.05, 4.69) is 27.0 Å². The highest BCUT2D eigenvalue weighted by Gasteiger charge is 2.24. The zero-order valence-corrected chi connectivity index (χ0v) is 11.6. The molecule has 1 aliphatic rings. The molecule has 21 heavy (non-hydrogen) atoms. The van der Waals surface area contributed by atoms with E-state index in [4.69, 9.17) is 5.73 Å². The fourth-order valence-electron chi connectivity index (χ4n) is 2.47. The van der Waals surface area contributed by atoms with Gasteiger partial charge in [0.25, 0.3) is 5.91 Å². The normalized spacial score (nSPS) is 15.0. The Bertz CT molecular complexity index is 623. The smallest absolute Gasteiger partial charge is 0.276 e. The second-order valence-electron chi connectivity index (χ2n) is 4.90. The quantitative estimate of drug-likeness (QED) is 0.890. The van der Waals surface area contributed by atoms with Crippen molar-refractivity contribution < 1.29 is 4.79 Å². The van der Waals surface area contributed by atoms with Crippen LogP contribution in [0.5, 0.6) is 0 Å². The van der Waals surface area contributed by atoms with Crippen molar-refractivity contribution in [1.29, 1.82) is 0 Å². The van der Waals surface area contributed by atoms with Crippen LogP contribution in [-0.4, -0.2) is 47.0 Å². The van der Waals surface area contributed by atoms with Gasteiger partial charge >= 0.3 is 0 Å². The van der Waals surface area contributed by atoms with Crippen LogP contribution >= 0.6 is 0 Å². The van der Waals surface area contributed by atoms with E-state index in [1.807, 2.05) is 18.2 Å². The summed E-state index contributed by atoms with van der Waals surface area (Å²) in [5.74, 6) is 0.0429. The third kappa shape index (κ3) is 2.79. The summed E-state index contributed by atoms with van der Waals surface area (Å²) in [6, 6.07) is 10.2. The predicted octanol–water partition coefficient (Wildman–Crippen LogP) is 1.02. The van der Waals surface area contributed by atoms with Crippen LogP contribution in [0.1, 0.15) is 10.5 Å². The van der Waals surface area contributed by atoms with E-state index in [-0.39, 0.29) is 17.4 Å². The zero-order valence-electron chi connectivity index (χ0n) is 11.6. The van der Waals surface area contributed by atoms with Crippen LogP contribution in [0.15, 0.2) is 42.7 Å². The molecule has 0 bridgehead atoms. The number of para-hydroxylation sites is 1. The summed E-state index contributed by atoms with van der Waals surface area (Å²) in [6.07, 6.45) is 2.98. The van der Waals surface area contributed by atoms with Crippen molar-refractivity contribution in [2.75, 3.05) is 36.8 Å². The third-order valence-corrected chi connectivity index (χ3v) is 3.62. The predicted molar refractivity (Wildman–Crippen MR) is 81.0 cm³/mol. The van der Waals surface area contributed by atoms with Crippen molar-refractivity contribution in [3.8, 4) is 0 Å². The highest BCUT2D eigenvalue weighted by Crippen LogP contribution is 2.17. The number of rotatable bonds is 2. The highest BCUT2D eigenvalue weighted by atomic mass is 16.2. The van der Waals surface area contributed by atoms with Crippen molar-refractivity contribution >= 4 is 17.4 Å². The van der Waals surface area contributed by atoms with E-state index in [0.717, 1.165) is 13.1 Å². The molecular weight excluding hydrogens is 266 g/mol. The Labute approximate surface area is 123 Å². The first-order valence-electron chi connectivity index (χ1n) is 6.91. The Hall–Kier alpha value is -2.63. The molecule has 108 valence electrons. The van der Waals surface area contributed by atoms with Crippen molar-refractivity contribution in [2.45, 2.75) is 0 Å². The topological polar surface area (TPSA) is 75.3 Å². The van der Waals surface area contributed by atoms with E-state index >= 15 is 0 Å². The van der Waals surface area contributed by atoms with Crippen LogP contribution < -0.4 is 10.6 Å². The number of carbonyl (C=O) groups excluding carboxylic acids is 1. The molecule has 1 amide bonds. The Morgan fingerprint density at radius 1 is 1.00 bits per heavy atom. The monoisotopic (exact) mass is 283 g/mol. The summed E-state index contributed by atoms with van der Waals surface area (Å²) in [5.41, 5.74) is 7.14. The summed E-state index contributed by atoms with van der Waals surface area (Å²) in [7, 11) is 0. The molecule has 2 aromatic rings. The van der Waals surface area contributed by atoms with Gasteiger partial charge in [-0.25, -0.2) is 9.97 Å². The number of nitrogens with zero attached hydrogens (tertiary/aromatic N) is 4. The molecule has 1 fully saturated rings. The van der Waals surface area contributed by atoms with Gasteiger partial charge in [0.05, 0.1) is 0 Å². The number of amides is 1. The summed E-state index contributed by atoms with van der Waals surface area (Å²) in [5, 5.41) is 0. The number of carbonyl (C=O) groups is 1. The van der Waals surface area contributed by atoms with Crippen LogP contribution in [0.3, 0.4) is 0 Å². The van der Waals surface area contributed by atoms with Crippen LogP contribution in [0.4, 0.5) is 11.5 Å². The molecule has 0 unspecified atom stereocenters. The van der Waals surface area contributed by atoms with E-state index in [0.29, 0.717) is 13.1 Å². The molecule has 0 saturated carbocycles. The van der Waals surface area contributed by atoms with E-state index < -0.39 is 0 Å². The second-order valence-corrected chi connectivity index (χ2v) is 4.90. The van der Waals surface area contributed by atoms with Crippen LogP contribution in [0, 0.1) is 0 Å². The van der Waals surface area contributed by atoms with Gasteiger partial charge in [0.2, 0.25) is 0 Å². The summed E-state index contributed by atoms with van der Waals surface area (Å²) >= 11 is 0. The standard InChI is InChI=1S/C15H17N5O/c16-14-13(17-6-7-18-14)15(21)20-10-8-19(9-11-20)12-4-2-1-3-5-12/h1-7H,8-11H2,(H2,16,18). The summed E-state index contributed by atoms with van der Waals surface area (Å²) in [4.78, 5) is 24.4. The minimum absolute atomic E-state index is 0.145. The fraction of sp³-hybridized carbons (Fsp3) is 0.267.